The summed E-state index contributed by atoms with van der Waals surface area (Å²) in [7, 11) is 0. The number of unbranched alkanes of at least 4 members (excludes halogenated alkanes) is 1. The summed E-state index contributed by atoms with van der Waals surface area (Å²) in [6, 6.07) is 15.0. The number of allylic oxidation sites excluding steroid dienone is 2. The van der Waals surface area contributed by atoms with E-state index in [1.165, 1.54) is 27.4 Å². The summed E-state index contributed by atoms with van der Waals surface area (Å²) in [6.45, 7) is 12.0. The molecule has 0 saturated carbocycles. The Balaban J connectivity index is 2.15. The summed E-state index contributed by atoms with van der Waals surface area (Å²) >= 11 is 0. The Kier molecular flexibility index (Phi) is 9.58. The summed E-state index contributed by atoms with van der Waals surface area (Å²) in [5.74, 6) is 0.982. The highest BCUT2D eigenvalue weighted by molar-refractivity contribution is 5.61. The van der Waals surface area contributed by atoms with Gasteiger partial charge in [-0.05, 0) is 56.9 Å². The van der Waals surface area contributed by atoms with Crippen LogP contribution in [-0.4, -0.2) is 46.0 Å². The Labute approximate surface area is 198 Å². The van der Waals surface area contributed by atoms with Gasteiger partial charge in [0, 0.05) is 42.9 Å². The molecule has 0 bridgehead atoms. The second-order valence-electron chi connectivity index (χ2n) is 8.17. The molecule has 176 valence electrons. The van der Waals surface area contributed by atoms with Gasteiger partial charge in [-0.15, -0.1) is 0 Å². The van der Waals surface area contributed by atoms with Gasteiger partial charge in [-0.3, -0.25) is 5.10 Å². The smallest absolute Gasteiger partial charge is 0.132 e. The zero-order chi connectivity index (χ0) is 23.5. The number of likely N-dealkylation sites (N-methyl/N-ethyl adjacent to an activating group) is 1. The maximum absolute atomic E-state index is 5.62. The zero-order valence-corrected chi connectivity index (χ0v) is 20.6. The number of hydrogen-bond donors (Lipinski definition) is 1. The molecule has 1 N–H and O–H groups in total. The van der Waals surface area contributed by atoms with Gasteiger partial charge >= 0.3 is 0 Å². The number of rotatable bonds is 12. The van der Waals surface area contributed by atoms with E-state index in [4.69, 9.17) is 4.74 Å². The lowest BCUT2D eigenvalue weighted by molar-refractivity contribution is 0.126. The minimum absolute atomic E-state index is 0.745. The number of benzene rings is 1. The first kappa shape index (κ1) is 24.6. The predicted molar refractivity (Wildman–Crippen MR) is 138 cm³/mol. The maximum Gasteiger partial charge on any atom is 0.132 e. The first-order valence-corrected chi connectivity index (χ1v) is 12.1. The quantitative estimate of drug-likeness (QED) is 0.419. The normalized spacial score (nSPS) is 13.5. The first-order valence-electron chi connectivity index (χ1n) is 12.1. The second kappa shape index (κ2) is 12.9. The molecule has 0 unspecified atom stereocenters. The van der Waals surface area contributed by atoms with Crippen LogP contribution < -0.4 is 10.6 Å². The van der Waals surface area contributed by atoms with Crippen LogP contribution in [0.15, 0.2) is 66.6 Å². The molecule has 0 saturated heterocycles. The van der Waals surface area contributed by atoms with Gasteiger partial charge in [0.1, 0.15) is 5.82 Å². The van der Waals surface area contributed by atoms with Crippen LogP contribution in [-0.2, 0) is 11.2 Å². The number of aromatic amines is 1. The van der Waals surface area contributed by atoms with Crippen molar-refractivity contribution in [2.24, 2.45) is 0 Å². The Bertz CT molecular complexity index is 1110. The van der Waals surface area contributed by atoms with Crippen molar-refractivity contribution < 1.29 is 4.74 Å². The number of hydrogen-bond acceptors (Lipinski definition) is 3. The van der Waals surface area contributed by atoms with Crippen LogP contribution in [0.3, 0.4) is 0 Å². The standard InChI is InChI=1S/C28H38N4O/c1-5-8-14-27-26(16-18-32(27)28-15-17-29-30-28)25(22-24-12-10-9-11-13-24)21-23(4)31(6-2)19-20-33-7-3/h9-18,21H,5-8,19-20,22H2,1-4H3,(H,29,30)/b23-21+,26-25+,27-14-. The molecule has 0 aliphatic carbocycles. The maximum atomic E-state index is 5.62. The highest BCUT2D eigenvalue weighted by atomic mass is 16.5. The van der Waals surface area contributed by atoms with Crippen LogP contribution in [0.25, 0.3) is 17.5 Å². The van der Waals surface area contributed by atoms with Gasteiger partial charge in [-0.25, -0.2) is 0 Å². The van der Waals surface area contributed by atoms with E-state index >= 15 is 0 Å². The van der Waals surface area contributed by atoms with Crippen LogP contribution in [0.2, 0.25) is 0 Å². The van der Waals surface area contributed by atoms with Crippen LogP contribution in [0.4, 0.5) is 0 Å². The highest BCUT2D eigenvalue weighted by Gasteiger charge is 2.09. The van der Waals surface area contributed by atoms with E-state index < -0.39 is 0 Å². The molecule has 1 aromatic carbocycles. The molecule has 0 fully saturated rings. The Morgan fingerprint density at radius 3 is 2.61 bits per heavy atom. The van der Waals surface area contributed by atoms with Crippen molar-refractivity contribution in [3.63, 3.8) is 0 Å². The topological polar surface area (TPSA) is 46.1 Å². The minimum atomic E-state index is 0.745. The van der Waals surface area contributed by atoms with Crippen molar-refractivity contribution in [2.45, 2.75) is 47.0 Å². The van der Waals surface area contributed by atoms with E-state index in [0.29, 0.717) is 0 Å². The molecule has 2 aromatic heterocycles. The Hall–Kier alpha value is -3.05. The SMILES string of the molecule is CCC/C=c1/c(=C(\C=C(/C)N(CC)CCOCC)Cc2ccccc2)ccn1-c1ccn[nH]1. The van der Waals surface area contributed by atoms with E-state index in [-0.39, 0.29) is 0 Å². The largest absolute Gasteiger partial charge is 0.380 e. The van der Waals surface area contributed by atoms with Crippen LogP contribution in [0, 0.1) is 0 Å². The molecule has 33 heavy (non-hydrogen) atoms. The average Bonchev–Trinajstić information content (AvgIpc) is 3.50. The van der Waals surface area contributed by atoms with E-state index in [1.807, 2.05) is 13.0 Å². The van der Waals surface area contributed by atoms with Crippen molar-refractivity contribution in [1.29, 1.82) is 0 Å². The van der Waals surface area contributed by atoms with E-state index in [9.17, 15) is 0 Å². The first-order chi connectivity index (χ1) is 16.2. The van der Waals surface area contributed by atoms with Crippen molar-refractivity contribution in [3.05, 3.63) is 82.8 Å². The van der Waals surface area contributed by atoms with Gasteiger partial charge in [0.15, 0.2) is 0 Å². The van der Waals surface area contributed by atoms with Crippen molar-refractivity contribution in [1.82, 2.24) is 19.7 Å². The molecule has 3 aromatic rings. The lowest BCUT2D eigenvalue weighted by Crippen LogP contribution is -2.31. The van der Waals surface area contributed by atoms with Crippen molar-refractivity contribution in [3.8, 4) is 5.82 Å². The lowest BCUT2D eigenvalue weighted by Gasteiger charge is -2.24. The van der Waals surface area contributed by atoms with Crippen molar-refractivity contribution in [2.75, 3.05) is 26.3 Å². The third-order valence-electron chi connectivity index (χ3n) is 5.85. The van der Waals surface area contributed by atoms with Gasteiger partial charge in [0.25, 0.3) is 0 Å². The van der Waals surface area contributed by atoms with Crippen LogP contribution in [0.1, 0.15) is 46.1 Å². The van der Waals surface area contributed by atoms with E-state index in [0.717, 1.165) is 51.4 Å². The molecule has 2 heterocycles. The minimum Gasteiger partial charge on any atom is -0.380 e. The fourth-order valence-corrected chi connectivity index (χ4v) is 4.08. The molecular weight excluding hydrogens is 408 g/mol. The molecular formula is C28H38N4O. The van der Waals surface area contributed by atoms with E-state index in [2.05, 4.69) is 95.2 Å². The number of nitrogens with one attached hydrogen (secondary N) is 1. The van der Waals surface area contributed by atoms with Gasteiger partial charge in [0.2, 0.25) is 0 Å². The Morgan fingerprint density at radius 2 is 1.94 bits per heavy atom. The molecule has 0 aliphatic rings. The molecule has 5 heteroatoms. The molecule has 0 spiro atoms. The third kappa shape index (κ3) is 6.72. The number of nitrogens with zero attached hydrogens (tertiary/aromatic N) is 3. The summed E-state index contributed by atoms with van der Waals surface area (Å²) in [5.41, 5.74) is 3.89. The number of ether oxygens (including phenoxy) is 1. The fraction of sp³-hybridized carbons (Fsp3) is 0.393. The zero-order valence-electron chi connectivity index (χ0n) is 20.6. The van der Waals surface area contributed by atoms with Crippen LogP contribution >= 0.6 is 0 Å². The monoisotopic (exact) mass is 446 g/mol. The van der Waals surface area contributed by atoms with Crippen molar-refractivity contribution >= 4 is 11.6 Å². The predicted octanol–water partition coefficient (Wildman–Crippen LogP) is 4.44. The molecule has 0 aliphatic heterocycles. The summed E-state index contributed by atoms with van der Waals surface area (Å²) in [6.07, 6.45) is 11.7. The molecule has 5 nitrogen and oxygen atoms in total. The van der Waals surface area contributed by atoms with Gasteiger partial charge in [-0.1, -0.05) is 49.8 Å². The highest BCUT2D eigenvalue weighted by Crippen LogP contribution is 2.14. The Morgan fingerprint density at radius 1 is 1.12 bits per heavy atom. The van der Waals surface area contributed by atoms with E-state index in [1.54, 1.807) is 6.20 Å². The summed E-state index contributed by atoms with van der Waals surface area (Å²) in [5, 5.41) is 9.76. The second-order valence-corrected chi connectivity index (χ2v) is 8.17. The molecule has 0 radical (unpaired) electrons. The van der Waals surface area contributed by atoms with Gasteiger partial charge < -0.3 is 14.2 Å². The van der Waals surface area contributed by atoms with Crippen LogP contribution in [0.5, 0.6) is 0 Å². The number of aromatic nitrogens is 3. The summed E-state index contributed by atoms with van der Waals surface area (Å²) in [4.78, 5) is 2.39. The lowest BCUT2D eigenvalue weighted by atomic mass is 10.0. The van der Waals surface area contributed by atoms with Gasteiger partial charge in [0.05, 0.1) is 18.2 Å². The molecule has 3 rings (SSSR count). The average molecular weight is 447 g/mol. The van der Waals surface area contributed by atoms with Gasteiger partial charge in [-0.2, -0.15) is 5.10 Å². The molecule has 0 atom stereocenters. The number of H-pyrrole nitrogens is 1. The fourth-order valence-electron chi connectivity index (χ4n) is 4.08. The summed E-state index contributed by atoms with van der Waals surface area (Å²) < 4.78 is 7.82. The third-order valence-corrected chi connectivity index (χ3v) is 5.85. The molecule has 0 amide bonds.